The van der Waals surface area contributed by atoms with Crippen LogP contribution in [0.25, 0.3) is 0 Å². The Morgan fingerprint density at radius 3 is 2.89 bits per heavy atom. The fourth-order valence-electron chi connectivity index (χ4n) is 1.68. The van der Waals surface area contributed by atoms with Crippen LogP contribution in [-0.2, 0) is 11.2 Å². The number of esters is 1. The maximum Gasteiger partial charge on any atom is 0.338 e. The maximum atomic E-state index is 11.7. The number of unbranched alkanes of at least 4 members (excludes halogenated alkanes) is 3. The van der Waals surface area contributed by atoms with Crippen LogP contribution in [-0.4, -0.2) is 12.6 Å². The zero-order valence-corrected chi connectivity index (χ0v) is 10.8. The Bertz CT molecular complexity index is 421. The Hall–Kier alpha value is -1.82. The Balaban J connectivity index is 2.41. The largest absolute Gasteiger partial charge is 0.462 e. The van der Waals surface area contributed by atoms with Gasteiger partial charge in [0.05, 0.1) is 24.7 Å². The normalized spacial score (nSPS) is 9.78. The van der Waals surface area contributed by atoms with Gasteiger partial charge >= 0.3 is 5.97 Å². The molecule has 0 amide bonds. The highest BCUT2D eigenvalue weighted by atomic mass is 16.5. The molecule has 1 aromatic rings. The van der Waals surface area contributed by atoms with Crippen LogP contribution in [0.3, 0.4) is 0 Å². The summed E-state index contributed by atoms with van der Waals surface area (Å²) in [6.07, 6.45) is 4.67. The van der Waals surface area contributed by atoms with E-state index in [1.54, 1.807) is 18.2 Å². The van der Waals surface area contributed by atoms with Gasteiger partial charge in [0.15, 0.2) is 0 Å². The van der Waals surface area contributed by atoms with Crippen LogP contribution in [0, 0.1) is 11.3 Å². The van der Waals surface area contributed by atoms with E-state index in [0.29, 0.717) is 18.6 Å². The van der Waals surface area contributed by atoms with E-state index in [1.165, 1.54) is 12.8 Å². The van der Waals surface area contributed by atoms with Gasteiger partial charge in [-0.05, 0) is 24.1 Å². The van der Waals surface area contributed by atoms with Gasteiger partial charge in [-0.1, -0.05) is 38.3 Å². The molecule has 0 saturated carbocycles. The quantitative estimate of drug-likeness (QED) is 0.545. The van der Waals surface area contributed by atoms with Gasteiger partial charge in [0.1, 0.15) is 0 Å². The fourth-order valence-corrected chi connectivity index (χ4v) is 1.68. The number of rotatable bonds is 7. The predicted octanol–water partition coefficient (Wildman–Crippen LogP) is 3.49. The van der Waals surface area contributed by atoms with Gasteiger partial charge in [-0.2, -0.15) is 5.26 Å². The molecule has 0 aliphatic heterocycles. The van der Waals surface area contributed by atoms with Crippen molar-refractivity contribution in [2.45, 2.75) is 39.0 Å². The molecule has 1 rings (SSSR count). The van der Waals surface area contributed by atoms with Crippen molar-refractivity contribution >= 4 is 5.97 Å². The van der Waals surface area contributed by atoms with Crippen molar-refractivity contribution < 1.29 is 9.53 Å². The molecule has 0 bridgehead atoms. The minimum Gasteiger partial charge on any atom is -0.462 e. The van der Waals surface area contributed by atoms with Crippen LogP contribution in [0.2, 0.25) is 0 Å². The molecule has 0 saturated heterocycles. The number of hydrogen-bond acceptors (Lipinski definition) is 3. The minimum absolute atomic E-state index is 0.300. The third-order valence-electron chi connectivity index (χ3n) is 2.68. The van der Waals surface area contributed by atoms with E-state index in [2.05, 4.69) is 13.0 Å². The van der Waals surface area contributed by atoms with Crippen LogP contribution in [0.15, 0.2) is 24.3 Å². The van der Waals surface area contributed by atoms with Crippen LogP contribution >= 0.6 is 0 Å². The highest BCUT2D eigenvalue weighted by Crippen LogP contribution is 2.08. The molecular weight excluding hydrogens is 226 g/mol. The first kappa shape index (κ1) is 14.2. The summed E-state index contributed by atoms with van der Waals surface area (Å²) in [4.78, 5) is 11.7. The Morgan fingerprint density at radius 2 is 2.17 bits per heavy atom. The van der Waals surface area contributed by atoms with E-state index in [-0.39, 0.29) is 5.97 Å². The molecule has 18 heavy (non-hydrogen) atoms. The summed E-state index contributed by atoms with van der Waals surface area (Å²) in [5, 5.41) is 8.61. The lowest BCUT2D eigenvalue weighted by molar-refractivity contribution is 0.0497. The van der Waals surface area contributed by atoms with E-state index in [9.17, 15) is 4.79 Å². The Labute approximate surface area is 108 Å². The first-order valence-electron chi connectivity index (χ1n) is 6.41. The smallest absolute Gasteiger partial charge is 0.338 e. The molecule has 3 heteroatoms. The van der Waals surface area contributed by atoms with Gasteiger partial charge in [0.25, 0.3) is 0 Å². The monoisotopic (exact) mass is 245 g/mol. The predicted molar refractivity (Wildman–Crippen MR) is 70.2 cm³/mol. The van der Waals surface area contributed by atoms with E-state index < -0.39 is 0 Å². The van der Waals surface area contributed by atoms with Crippen molar-refractivity contribution in [3.05, 3.63) is 35.4 Å². The molecule has 0 aliphatic rings. The molecule has 3 nitrogen and oxygen atoms in total. The van der Waals surface area contributed by atoms with Crippen molar-refractivity contribution in [1.82, 2.24) is 0 Å². The van der Waals surface area contributed by atoms with E-state index >= 15 is 0 Å². The summed E-state index contributed by atoms with van der Waals surface area (Å²) in [6.45, 7) is 2.62. The summed E-state index contributed by atoms with van der Waals surface area (Å²) in [5.41, 5.74) is 1.37. The molecule has 0 unspecified atom stereocenters. The van der Waals surface area contributed by atoms with E-state index in [4.69, 9.17) is 10.00 Å². The number of hydrogen-bond donors (Lipinski definition) is 0. The number of ether oxygens (including phenoxy) is 1. The number of nitriles is 1. The highest BCUT2D eigenvalue weighted by Gasteiger charge is 2.07. The maximum absolute atomic E-state index is 11.7. The van der Waals surface area contributed by atoms with Crippen molar-refractivity contribution in [3.63, 3.8) is 0 Å². The van der Waals surface area contributed by atoms with Crippen LogP contribution < -0.4 is 0 Å². The SMILES string of the molecule is CCCCCCOC(=O)c1cccc(CC#N)c1. The standard InChI is InChI=1S/C15H19NO2/c1-2-3-4-5-11-18-15(17)14-8-6-7-13(12-14)9-10-16/h6-8,12H,2-5,9,11H2,1H3. The van der Waals surface area contributed by atoms with E-state index in [1.807, 2.05) is 6.07 Å². The molecular formula is C15H19NO2. The Kier molecular flexibility index (Phi) is 6.56. The molecule has 96 valence electrons. The topological polar surface area (TPSA) is 50.1 Å². The molecule has 0 fully saturated rings. The molecule has 0 spiro atoms. The molecule has 0 atom stereocenters. The Morgan fingerprint density at radius 1 is 1.33 bits per heavy atom. The molecule has 0 N–H and O–H groups in total. The number of carbonyl (C=O) groups excluding carboxylic acids is 1. The van der Waals surface area contributed by atoms with Crippen molar-refractivity contribution in [2.75, 3.05) is 6.61 Å². The average molecular weight is 245 g/mol. The van der Waals surface area contributed by atoms with Gasteiger partial charge in [-0.3, -0.25) is 0 Å². The van der Waals surface area contributed by atoms with Gasteiger partial charge in [-0.25, -0.2) is 4.79 Å². The second kappa shape index (κ2) is 8.30. The zero-order chi connectivity index (χ0) is 13.2. The minimum atomic E-state index is -0.300. The van der Waals surface area contributed by atoms with Crippen molar-refractivity contribution in [2.24, 2.45) is 0 Å². The molecule has 0 heterocycles. The summed E-state index contributed by atoms with van der Waals surface area (Å²) >= 11 is 0. The van der Waals surface area contributed by atoms with E-state index in [0.717, 1.165) is 18.4 Å². The average Bonchev–Trinajstić information content (AvgIpc) is 2.39. The first-order chi connectivity index (χ1) is 8.77. The summed E-state index contributed by atoms with van der Waals surface area (Å²) in [7, 11) is 0. The second-order valence-electron chi connectivity index (χ2n) is 4.23. The van der Waals surface area contributed by atoms with Crippen molar-refractivity contribution in [3.8, 4) is 6.07 Å². The lowest BCUT2D eigenvalue weighted by atomic mass is 10.1. The van der Waals surface area contributed by atoms with Gasteiger partial charge in [0.2, 0.25) is 0 Å². The highest BCUT2D eigenvalue weighted by molar-refractivity contribution is 5.89. The molecule has 0 aliphatic carbocycles. The third kappa shape index (κ3) is 5.01. The first-order valence-corrected chi connectivity index (χ1v) is 6.41. The lowest BCUT2D eigenvalue weighted by Gasteiger charge is -2.05. The summed E-state index contributed by atoms with van der Waals surface area (Å²) in [5.74, 6) is -0.300. The summed E-state index contributed by atoms with van der Waals surface area (Å²) in [6, 6.07) is 9.11. The third-order valence-corrected chi connectivity index (χ3v) is 2.68. The van der Waals surface area contributed by atoms with Crippen molar-refractivity contribution in [1.29, 1.82) is 5.26 Å². The number of carbonyl (C=O) groups is 1. The molecule has 1 aromatic carbocycles. The van der Waals surface area contributed by atoms with Gasteiger partial charge in [-0.15, -0.1) is 0 Å². The van der Waals surface area contributed by atoms with Crippen LogP contribution in [0.1, 0.15) is 48.5 Å². The molecule has 0 radical (unpaired) electrons. The second-order valence-corrected chi connectivity index (χ2v) is 4.23. The van der Waals surface area contributed by atoms with Gasteiger partial charge in [0, 0.05) is 0 Å². The molecule has 0 aromatic heterocycles. The zero-order valence-electron chi connectivity index (χ0n) is 10.8. The van der Waals surface area contributed by atoms with Crippen LogP contribution in [0.4, 0.5) is 0 Å². The number of benzene rings is 1. The lowest BCUT2D eigenvalue weighted by Crippen LogP contribution is -2.06. The summed E-state index contributed by atoms with van der Waals surface area (Å²) < 4.78 is 5.19. The fraction of sp³-hybridized carbons (Fsp3) is 0.467. The number of nitrogens with zero attached hydrogens (tertiary/aromatic N) is 1. The van der Waals surface area contributed by atoms with Gasteiger partial charge < -0.3 is 4.74 Å². The van der Waals surface area contributed by atoms with Crippen LogP contribution in [0.5, 0.6) is 0 Å².